The van der Waals surface area contributed by atoms with Gasteiger partial charge in [0.15, 0.2) is 6.61 Å². The quantitative estimate of drug-likeness (QED) is 0.558. The minimum Gasteiger partial charge on any atom is -0.431 e. The van der Waals surface area contributed by atoms with Crippen LogP contribution in [0.5, 0.6) is 0 Å². The molecule has 6 heteroatoms. The highest BCUT2D eigenvalue weighted by atomic mass is 35.5. The molecule has 1 aliphatic rings. The summed E-state index contributed by atoms with van der Waals surface area (Å²) < 4.78 is 7.58. The number of halogens is 2. The maximum atomic E-state index is 11.2. The Morgan fingerprint density at radius 1 is 1.29 bits per heavy atom. The number of hydrogen-bond acceptors (Lipinski definition) is 4. The van der Waals surface area contributed by atoms with Crippen molar-refractivity contribution in [1.82, 2.24) is 0 Å². The van der Waals surface area contributed by atoms with Crippen molar-refractivity contribution in [3.05, 3.63) is 0 Å². The molecule has 2 unspecified atom stereocenters. The summed E-state index contributed by atoms with van der Waals surface area (Å²) in [4.78, 5) is 11.2. The Balaban J connectivity index is 0. The third-order valence-electron chi connectivity index (χ3n) is 2.51. The van der Waals surface area contributed by atoms with Crippen LogP contribution in [0.1, 0.15) is 66.7 Å². The molecular weight excluding hydrogens is 315 g/mol. The molecule has 0 heterocycles. The summed E-state index contributed by atoms with van der Waals surface area (Å²) >= 11 is 10.5. The minimum absolute atomic E-state index is 0.102. The molecule has 0 bridgehead atoms. The van der Waals surface area contributed by atoms with Gasteiger partial charge in [-0.1, -0.05) is 70.7 Å². The van der Waals surface area contributed by atoms with Crippen LogP contribution in [0, 0.1) is 5.92 Å². The van der Waals surface area contributed by atoms with Gasteiger partial charge in [-0.15, -0.1) is 0 Å². The van der Waals surface area contributed by atoms with E-state index in [1.54, 1.807) is 0 Å². The lowest BCUT2D eigenvalue weighted by Crippen LogP contribution is -2.28. The van der Waals surface area contributed by atoms with E-state index in [-0.39, 0.29) is 6.10 Å². The van der Waals surface area contributed by atoms with Crippen LogP contribution in [0.15, 0.2) is 0 Å². The summed E-state index contributed by atoms with van der Waals surface area (Å²) in [5, 5.41) is 8.91. The third-order valence-corrected chi connectivity index (χ3v) is 2.73. The zero-order valence-corrected chi connectivity index (χ0v) is 15.3. The number of aliphatic hydroxyl groups is 1. The Morgan fingerprint density at radius 2 is 1.81 bits per heavy atom. The fourth-order valence-electron chi connectivity index (χ4n) is 1.80. The Bertz CT molecular complexity index is 255. The fourth-order valence-corrected chi connectivity index (χ4v) is 1.91. The molecule has 0 spiro atoms. The molecule has 1 fully saturated rings. The lowest BCUT2D eigenvalue weighted by molar-refractivity contribution is -0.0101. The molecule has 1 rings (SSSR count). The second-order valence-electron chi connectivity index (χ2n) is 4.92. The average Bonchev–Trinajstić information content (AvgIpc) is 2.39. The van der Waals surface area contributed by atoms with E-state index in [4.69, 9.17) is 33.0 Å². The van der Waals surface area contributed by atoms with Crippen molar-refractivity contribution < 1.29 is 19.4 Å². The summed E-state index contributed by atoms with van der Waals surface area (Å²) in [6, 6.07) is 0. The SMILES string of the molecule is CC.CC1CCCC(OC(=O)OCC(O)(Cl)Cl)C1.CCC. The molecule has 1 aliphatic carbocycles. The van der Waals surface area contributed by atoms with E-state index in [2.05, 4.69) is 25.5 Å². The molecule has 4 nitrogen and oxygen atoms in total. The second kappa shape index (κ2) is 13.5. The molecule has 128 valence electrons. The minimum atomic E-state index is -2.06. The molecule has 2 atom stereocenters. The van der Waals surface area contributed by atoms with Crippen LogP contribution in [-0.4, -0.2) is 28.5 Å². The summed E-state index contributed by atoms with van der Waals surface area (Å²) in [5.74, 6) is 0.560. The predicted molar refractivity (Wildman–Crippen MR) is 87.8 cm³/mol. The van der Waals surface area contributed by atoms with Gasteiger partial charge < -0.3 is 14.6 Å². The second-order valence-corrected chi connectivity index (χ2v) is 6.37. The number of rotatable bonds is 3. The average molecular weight is 345 g/mol. The monoisotopic (exact) mass is 344 g/mol. The third kappa shape index (κ3) is 16.0. The van der Waals surface area contributed by atoms with Crippen LogP contribution in [0.25, 0.3) is 0 Å². The smallest absolute Gasteiger partial charge is 0.431 e. The van der Waals surface area contributed by atoms with Crippen molar-refractivity contribution in [2.75, 3.05) is 6.61 Å². The number of carbonyl (C=O) groups excluding carboxylic acids is 1. The molecule has 0 aliphatic heterocycles. The Labute approximate surface area is 139 Å². The van der Waals surface area contributed by atoms with Gasteiger partial charge in [-0.2, -0.15) is 0 Å². The molecular formula is C15H30Cl2O4. The van der Waals surface area contributed by atoms with Crippen molar-refractivity contribution in [3.8, 4) is 0 Å². The maximum absolute atomic E-state index is 11.2. The van der Waals surface area contributed by atoms with E-state index >= 15 is 0 Å². The van der Waals surface area contributed by atoms with Gasteiger partial charge in [0.1, 0.15) is 6.10 Å². The van der Waals surface area contributed by atoms with Crippen LogP contribution in [-0.2, 0) is 9.47 Å². The molecule has 0 saturated heterocycles. The zero-order valence-electron chi connectivity index (χ0n) is 13.8. The Morgan fingerprint density at radius 3 is 2.24 bits per heavy atom. The molecule has 0 aromatic carbocycles. The first kappa shape index (κ1) is 23.1. The van der Waals surface area contributed by atoms with Crippen molar-refractivity contribution >= 4 is 29.4 Å². The van der Waals surface area contributed by atoms with E-state index < -0.39 is 17.3 Å². The number of ether oxygens (including phenoxy) is 2. The summed E-state index contributed by atoms with van der Waals surface area (Å²) in [6.45, 7) is 9.87. The van der Waals surface area contributed by atoms with Gasteiger partial charge in [0.25, 0.3) is 0 Å². The van der Waals surface area contributed by atoms with E-state index in [1.807, 2.05) is 13.8 Å². The van der Waals surface area contributed by atoms with E-state index in [0.717, 1.165) is 25.7 Å². The van der Waals surface area contributed by atoms with E-state index in [0.29, 0.717) is 5.92 Å². The van der Waals surface area contributed by atoms with Crippen LogP contribution in [0.3, 0.4) is 0 Å². The van der Waals surface area contributed by atoms with Gasteiger partial charge in [0, 0.05) is 0 Å². The highest BCUT2D eigenvalue weighted by Crippen LogP contribution is 2.26. The molecule has 1 saturated carbocycles. The van der Waals surface area contributed by atoms with Crippen molar-refractivity contribution in [2.45, 2.75) is 77.3 Å². The van der Waals surface area contributed by atoms with Gasteiger partial charge in [-0.25, -0.2) is 4.79 Å². The first-order chi connectivity index (χ1) is 9.78. The van der Waals surface area contributed by atoms with Crippen LogP contribution in [0.2, 0.25) is 0 Å². The lowest BCUT2D eigenvalue weighted by Gasteiger charge is -2.26. The number of alkyl halides is 2. The van der Waals surface area contributed by atoms with Gasteiger partial charge in [0.05, 0.1) is 0 Å². The zero-order chi connectivity index (χ0) is 16.9. The van der Waals surface area contributed by atoms with Gasteiger partial charge in [-0.3, -0.25) is 0 Å². The summed E-state index contributed by atoms with van der Waals surface area (Å²) in [6.07, 6.45) is 4.23. The van der Waals surface area contributed by atoms with Crippen molar-refractivity contribution in [1.29, 1.82) is 0 Å². The predicted octanol–water partition coefficient (Wildman–Crippen LogP) is 5.28. The van der Waals surface area contributed by atoms with Crippen LogP contribution < -0.4 is 0 Å². The molecule has 1 N–H and O–H groups in total. The van der Waals surface area contributed by atoms with Gasteiger partial charge >= 0.3 is 6.16 Å². The standard InChI is InChI=1S/C10H16Cl2O4.C3H8.C2H6/c1-7-3-2-4-8(5-7)16-9(13)15-6-10(11,12)14;1-3-2;1-2/h7-8,14H,2-6H2,1H3;3H2,1-2H3;1-2H3. The van der Waals surface area contributed by atoms with Gasteiger partial charge in [0.2, 0.25) is 4.52 Å². The molecule has 0 aromatic rings. The number of carbonyl (C=O) groups is 1. The van der Waals surface area contributed by atoms with Crippen molar-refractivity contribution in [3.63, 3.8) is 0 Å². The van der Waals surface area contributed by atoms with Crippen molar-refractivity contribution in [2.24, 2.45) is 5.92 Å². The normalized spacial score (nSPS) is 21.1. The summed E-state index contributed by atoms with van der Waals surface area (Å²) in [5.41, 5.74) is 0. The lowest BCUT2D eigenvalue weighted by atomic mass is 9.89. The van der Waals surface area contributed by atoms with E-state index in [9.17, 15) is 4.79 Å². The molecule has 0 amide bonds. The largest absolute Gasteiger partial charge is 0.508 e. The summed E-state index contributed by atoms with van der Waals surface area (Å²) in [7, 11) is 0. The Hall–Kier alpha value is -0.190. The fraction of sp³-hybridized carbons (Fsp3) is 0.933. The maximum Gasteiger partial charge on any atom is 0.508 e. The number of hydrogen-bond donors (Lipinski definition) is 1. The highest BCUT2D eigenvalue weighted by Gasteiger charge is 2.26. The molecule has 21 heavy (non-hydrogen) atoms. The first-order valence-corrected chi connectivity index (χ1v) is 8.47. The Kier molecular flexibility index (Phi) is 14.8. The molecule has 0 aromatic heterocycles. The van der Waals surface area contributed by atoms with Crippen LogP contribution in [0.4, 0.5) is 4.79 Å². The van der Waals surface area contributed by atoms with E-state index in [1.165, 1.54) is 6.42 Å². The highest BCUT2D eigenvalue weighted by molar-refractivity contribution is 6.47. The first-order valence-electron chi connectivity index (χ1n) is 7.72. The molecule has 0 radical (unpaired) electrons. The van der Waals surface area contributed by atoms with Crippen LogP contribution >= 0.6 is 23.2 Å². The van der Waals surface area contributed by atoms with Gasteiger partial charge in [-0.05, 0) is 25.2 Å². The topological polar surface area (TPSA) is 55.8 Å².